The van der Waals surface area contributed by atoms with Gasteiger partial charge in [0.1, 0.15) is 17.4 Å². The maximum Gasteiger partial charge on any atom is 0.413 e. The first-order chi connectivity index (χ1) is 14.6. The van der Waals surface area contributed by atoms with Crippen LogP contribution in [0.15, 0.2) is 12.2 Å². The van der Waals surface area contributed by atoms with E-state index < -0.39 is 23.5 Å². The Morgan fingerprint density at radius 3 is 2.00 bits per heavy atom. The lowest BCUT2D eigenvalue weighted by Gasteiger charge is -2.34. The monoisotopic (exact) mass is 437 g/mol. The second-order valence-corrected chi connectivity index (χ2v) is 10.3. The number of unbranched alkanes of at least 4 members (excludes halogenated alkanes) is 11. The Balaban J connectivity index is 2.27. The lowest BCUT2D eigenvalue weighted by Crippen LogP contribution is -2.51. The second kappa shape index (κ2) is 13.9. The van der Waals surface area contributed by atoms with Crippen LogP contribution in [-0.4, -0.2) is 40.8 Å². The van der Waals surface area contributed by atoms with Gasteiger partial charge in [0.15, 0.2) is 5.78 Å². The van der Waals surface area contributed by atoms with Gasteiger partial charge in [-0.3, -0.25) is 9.69 Å². The first kappa shape index (κ1) is 27.7. The molecule has 1 fully saturated rings. The molecule has 0 bridgehead atoms. The lowest BCUT2D eigenvalue weighted by atomic mass is 10.0. The quantitative estimate of drug-likeness (QED) is 0.213. The van der Waals surface area contributed by atoms with E-state index in [2.05, 4.69) is 6.92 Å². The van der Waals surface area contributed by atoms with Crippen molar-refractivity contribution < 1.29 is 19.1 Å². The van der Waals surface area contributed by atoms with E-state index in [1.54, 1.807) is 19.9 Å². The summed E-state index contributed by atoms with van der Waals surface area (Å²) >= 11 is 0. The van der Waals surface area contributed by atoms with Gasteiger partial charge in [0.05, 0.1) is 6.61 Å². The van der Waals surface area contributed by atoms with Gasteiger partial charge in [0.2, 0.25) is 0 Å². The number of rotatable bonds is 14. The first-order valence-electron chi connectivity index (χ1n) is 12.4. The molecule has 0 radical (unpaired) electrons. The maximum atomic E-state index is 12.7. The van der Waals surface area contributed by atoms with Crippen LogP contribution < -0.4 is 0 Å². The highest BCUT2D eigenvalue weighted by Gasteiger charge is 2.48. The van der Waals surface area contributed by atoms with Crippen molar-refractivity contribution >= 4 is 11.9 Å². The molecule has 0 spiro atoms. The third-order valence-electron chi connectivity index (χ3n) is 5.66. The number of ether oxygens (including phenoxy) is 2. The van der Waals surface area contributed by atoms with Gasteiger partial charge in [-0.05, 0) is 53.5 Å². The third kappa shape index (κ3) is 11.2. The predicted octanol–water partition coefficient (Wildman–Crippen LogP) is 7.18. The zero-order valence-corrected chi connectivity index (χ0v) is 21.0. The predicted molar refractivity (Wildman–Crippen MR) is 127 cm³/mol. The summed E-state index contributed by atoms with van der Waals surface area (Å²) < 4.78 is 11.2. The summed E-state index contributed by atoms with van der Waals surface area (Å²) in [6.45, 7) is 11.5. The highest BCUT2D eigenvalue weighted by atomic mass is 16.6. The number of ketones is 1. The fourth-order valence-electron chi connectivity index (χ4n) is 3.91. The minimum Gasteiger partial charge on any atom is -0.444 e. The Morgan fingerprint density at radius 2 is 1.48 bits per heavy atom. The number of carbonyl (C=O) groups excluding carboxylic acids is 2. The van der Waals surface area contributed by atoms with E-state index in [0.29, 0.717) is 0 Å². The molecule has 5 nitrogen and oxygen atoms in total. The van der Waals surface area contributed by atoms with Crippen LogP contribution in [0.4, 0.5) is 4.79 Å². The summed E-state index contributed by atoms with van der Waals surface area (Å²) in [6, 6.07) is -0.626. The van der Waals surface area contributed by atoms with Gasteiger partial charge in [-0.15, -0.1) is 0 Å². The van der Waals surface area contributed by atoms with Crippen LogP contribution in [0.1, 0.15) is 119 Å². The van der Waals surface area contributed by atoms with Crippen LogP contribution in [0.2, 0.25) is 0 Å². The van der Waals surface area contributed by atoms with Crippen molar-refractivity contribution in [2.45, 2.75) is 136 Å². The van der Waals surface area contributed by atoms with Gasteiger partial charge in [0.25, 0.3) is 0 Å². The maximum absolute atomic E-state index is 12.7. The Kier molecular flexibility index (Phi) is 12.4. The molecule has 0 unspecified atom stereocenters. The van der Waals surface area contributed by atoms with Crippen molar-refractivity contribution in [3.8, 4) is 0 Å². The van der Waals surface area contributed by atoms with Crippen LogP contribution in [0.3, 0.4) is 0 Å². The number of hydrogen-bond donors (Lipinski definition) is 0. The Bertz CT molecular complexity index is 562. The van der Waals surface area contributed by atoms with E-state index in [0.717, 1.165) is 12.8 Å². The number of amides is 1. The Hall–Kier alpha value is -1.36. The molecule has 1 amide bonds. The Labute approximate surface area is 190 Å². The molecule has 0 N–H and O–H groups in total. The first-order valence-corrected chi connectivity index (χ1v) is 12.4. The highest BCUT2D eigenvalue weighted by Crippen LogP contribution is 2.30. The molecule has 0 saturated carbocycles. The summed E-state index contributed by atoms with van der Waals surface area (Å²) in [7, 11) is 0. The van der Waals surface area contributed by atoms with Gasteiger partial charge >= 0.3 is 6.09 Å². The minimum absolute atomic E-state index is 0.0977. The van der Waals surface area contributed by atoms with Crippen molar-refractivity contribution in [1.82, 2.24) is 4.90 Å². The molecule has 1 atom stereocenters. The molecule has 180 valence electrons. The van der Waals surface area contributed by atoms with E-state index >= 15 is 0 Å². The molecular formula is C26H47NO4. The van der Waals surface area contributed by atoms with Crippen LogP contribution in [-0.2, 0) is 14.3 Å². The smallest absolute Gasteiger partial charge is 0.413 e. The standard InChI is InChI=1S/C26H47NO4/c1-7-8-9-10-11-12-13-14-15-16-17-18-19-20-23(28)22-21-30-26(5,6)27(22)24(29)31-25(2,3)4/h19-20,22H,7-18,21H2,1-6H3/b20-19+/t22-/m0/s1. The summed E-state index contributed by atoms with van der Waals surface area (Å²) in [4.78, 5) is 26.8. The molecule has 1 heterocycles. The number of hydrogen-bond acceptors (Lipinski definition) is 4. The fraction of sp³-hybridized carbons (Fsp3) is 0.846. The third-order valence-corrected chi connectivity index (χ3v) is 5.66. The highest BCUT2D eigenvalue weighted by molar-refractivity contribution is 5.96. The summed E-state index contributed by atoms with van der Waals surface area (Å²) in [5.74, 6) is -0.0977. The summed E-state index contributed by atoms with van der Waals surface area (Å²) in [6.07, 6.45) is 18.4. The van der Waals surface area contributed by atoms with Crippen LogP contribution in [0.5, 0.6) is 0 Å². The minimum atomic E-state index is -0.855. The SMILES string of the molecule is CCCCCCCCCCCCC/C=C/C(=O)[C@@H]1COC(C)(C)N1C(=O)OC(C)(C)C. The number of nitrogens with zero attached hydrogens (tertiary/aromatic N) is 1. The number of carbonyl (C=O) groups is 2. The molecule has 0 aromatic carbocycles. The lowest BCUT2D eigenvalue weighted by molar-refractivity contribution is -0.120. The molecule has 0 aromatic rings. The van der Waals surface area contributed by atoms with Crippen molar-refractivity contribution in [3.05, 3.63) is 12.2 Å². The molecule has 5 heteroatoms. The topological polar surface area (TPSA) is 55.8 Å². The molecule has 0 aliphatic carbocycles. The Morgan fingerprint density at radius 1 is 0.968 bits per heavy atom. The van der Waals surface area contributed by atoms with Crippen LogP contribution in [0.25, 0.3) is 0 Å². The zero-order chi connectivity index (χ0) is 23.3. The second-order valence-electron chi connectivity index (χ2n) is 10.3. The van der Waals surface area contributed by atoms with E-state index in [9.17, 15) is 9.59 Å². The summed E-state index contributed by atoms with van der Waals surface area (Å²) in [5, 5.41) is 0. The van der Waals surface area contributed by atoms with Gasteiger partial charge in [0, 0.05) is 0 Å². The van der Waals surface area contributed by atoms with Gasteiger partial charge in [-0.1, -0.05) is 77.2 Å². The van der Waals surface area contributed by atoms with E-state index in [1.807, 2.05) is 26.8 Å². The van der Waals surface area contributed by atoms with Crippen molar-refractivity contribution in [2.24, 2.45) is 0 Å². The van der Waals surface area contributed by atoms with E-state index in [1.165, 1.54) is 69.1 Å². The van der Waals surface area contributed by atoms with Crippen LogP contribution in [0, 0.1) is 0 Å². The normalized spacial score (nSPS) is 18.6. The van der Waals surface area contributed by atoms with E-state index in [-0.39, 0.29) is 12.4 Å². The van der Waals surface area contributed by atoms with Gasteiger partial charge in [-0.25, -0.2) is 4.79 Å². The fourth-order valence-corrected chi connectivity index (χ4v) is 3.91. The van der Waals surface area contributed by atoms with Crippen molar-refractivity contribution in [1.29, 1.82) is 0 Å². The van der Waals surface area contributed by atoms with Gasteiger partial charge in [-0.2, -0.15) is 0 Å². The molecule has 1 aliphatic rings. The number of allylic oxidation sites excluding steroid dienone is 1. The average Bonchev–Trinajstić information content (AvgIpc) is 2.99. The molecular weight excluding hydrogens is 390 g/mol. The van der Waals surface area contributed by atoms with Crippen LogP contribution >= 0.6 is 0 Å². The average molecular weight is 438 g/mol. The zero-order valence-electron chi connectivity index (χ0n) is 21.0. The largest absolute Gasteiger partial charge is 0.444 e. The van der Waals surface area contributed by atoms with Gasteiger partial charge < -0.3 is 9.47 Å². The molecule has 1 saturated heterocycles. The molecule has 1 rings (SSSR count). The van der Waals surface area contributed by atoms with Crippen molar-refractivity contribution in [2.75, 3.05) is 6.61 Å². The van der Waals surface area contributed by atoms with Crippen molar-refractivity contribution in [3.63, 3.8) is 0 Å². The molecule has 1 aliphatic heterocycles. The summed E-state index contributed by atoms with van der Waals surface area (Å²) in [5.41, 5.74) is -1.47. The van der Waals surface area contributed by atoms with E-state index in [4.69, 9.17) is 9.47 Å². The molecule has 31 heavy (non-hydrogen) atoms. The molecule has 0 aromatic heterocycles.